The van der Waals surface area contributed by atoms with E-state index in [9.17, 15) is 4.79 Å². The zero-order valence-corrected chi connectivity index (χ0v) is 6.77. The highest BCUT2D eigenvalue weighted by molar-refractivity contribution is 9.10. The summed E-state index contributed by atoms with van der Waals surface area (Å²) in [6, 6.07) is -1.10. The Labute approximate surface area is 82.9 Å². The first-order chi connectivity index (χ1) is 8.07. The Morgan fingerprint density at radius 2 is 2.82 bits per heavy atom. The van der Waals surface area contributed by atoms with Gasteiger partial charge in [-0.05, 0) is 28.0 Å². The minimum atomic E-state index is -3.00. The third kappa shape index (κ3) is 2.01. The lowest BCUT2D eigenvalue weighted by Crippen LogP contribution is -2.18. The molecule has 0 fully saturated rings. The number of hydrogen-bond donors (Lipinski definition) is 1. The number of hydrogen-bond acceptors (Lipinski definition) is 2. The maximum atomic E-state index is 11.6. The molecule has 0 unspecified atom stereocenters. The summed E-state index contributed by atoms with van der Waals surface area (Å²) < 4.78 is 50.0. The number of carbonyl (C=O) groups excluding carboxylic acids is 1. The van der Waals surface area contributed by atoms with Gasteiger partial charge in [0, 0.05) is 21.7 Å². The van der Waals surface area contributed by atoms with Gasteiger partial charge in [-0.25, -0.2) is 4.98 Å². The van der Waals surface area contributed by atoms with Crippen molar-refractivity contribution in [2.45, 2.75) is 0 Å². The molecule has 3 nitrogen and oxygen atoms in total. The van der Waals surface area contributed by atoms with Crippen LogP contribution in [0.15, 0.2) is 22.7 Å². The summed E-state index contributed by atoms with van der Waals surface area (Å²) in [5.74, 6) is -1.35. The molecule has 0 atom stereocenters. The number of halogens is 1. The van der Waals surface area contributed by atoms with Gasteiger partial charge in [0.15, 0.2) is 1.41 Å². The van der Waals surface area contributed by atoms with Crippen LogP contribution in [0.3, 0.4) is 0 Å². The van der Waals surface area contributed by atoms with Crippen LogP contribution >= 0.6 is 15.9 Å². The molecule has 1 N–H and O–H groups in total. The van der Waals surface area contributed by atoms with Gasteiger partial charge in [-0.3, -0.25) is 4.79 Å². The smallest absolute Gasteiger partial charge is 0.269 e. The molecule has 0 aliphatic carbocycles. The number of amides is 1. The lowest BCUT2D eigenvalue weighted by molar-refractivity contribution is 0.0958. The van der Waals surface area contributed by atoms with Crippen LogP contribution in [0.4, 0.5) is 0 Å². The van der Waals surface area contributed by atoms with Crippen molar-refractivity contribution in [3.05, 3.63) is 28.4 Å². The van der Waals surface area contributed by atoms with E-state index in [1.807, 2.05) is 0 Å². The van der Waals surface area contributed by atoms with Gasteiger partial charge < -0.3 is 5.31 Å². The minimum Gasteiger partial charge on any atom is -0.354 e. The van der Waals surface area contributed by atoms with E-state index < -0.39 is 36.8 Å². The molecule has 1 aromatic rings. The SMILES string of the molecule is [2H]c1nc(C(=O)N([2H])C([2H])([2H])[2H])c([2H])c([2H])c1Br. The summed E-state index contributed by atoms with van der Waals surface area (Å²) in [6.07, 6.45) is -0.474. The highest BCUT2D eigenvalue weighted by atomic mass is 79.9. The number of aromatic nitrogens is 1. The summed E-state index contributed by atoms with van der Waals surface area (Å²) >= 11 is 2.85. The van der Waals surface area contributed by atoms with Crippen molar-refractivity contribution in [2.75, 3.05) is 6.98 Å². The summed E-state index contributed by atoms with van der Waals surface area (Å²) in [7, 11) is 0. The predicted molar refractivity (Wildman–Crippen MR) is 45.3 cm³/mol. The molecule has 0 spiro atoms. The minimum absolute atomic E-state index is 0.0746. The van der Waals surface area contributed by atoms with Gasteiger partial charge in [0.1, 0.15) is 5.69 Å². The maximum absolute atomic E-state index is 11.6. The van der Waals surface area contributed by atoms with Crippen molar-refractivity contribution in [3.63, 3.8) is 0 Å². The van der Waals surface area contributed by atoms with Gasteiger partial charge in [-0.2, -0.15) is 0 Å². The number of nitrogens with one attached hydrogen (secondary N) is 1. The molecule has 0 aliphatic rings. The predicted octanol–water partition coefficient (Wildman–Crippen LogP) is 1.20. The first-order valence-corrected chi connectivity index (χ1v) is 3.33. The highest BCUT2D eigenvalue weighted by Crippen LogP contribution is 2.06. The second-order valence-corrected chi connectivity index (χ2v) is 2.35. The molecule has 4 heteroatoms. The largest absolute Gasteiger partial charge is 0.354 e. The number of pyridine rings is 1. The zero-order valence-electron chi connectivity index (χ0n) is 12.2. The summed E-state index contributed by atoms with van der Waals surface area (Å²) in [6.45, 7) is -3.00. The first kappa shape index (κ1) is 2.86. The van der Waals surface area contributed by atoms with E-state index in [0.29, 0.717) is 0 Å². The fraction of sp³-hybridized carbons (Fsp3) is 0.143. The summed E-state index contributed by atoms with van der Waals surface area (Å²) in [4.78, 5) is 15.1. The Balaban J connectivity index is 3.32. The van der Waals surface area contributed by atoms with Crippen molar-refractivity contribution in [1.29, 1.82) is 0 Å². The molecule has 58 valence electrons. The number of nitrogens with zero attached hydrogens (tertiary/aromatic N) is 1. The molecule has 0 aromatic carbocycles. The number of carbonyl (C=O) groups is 1. The van der Waals surface area contributed by atoms with Crippen molar-refractivity contribution in [1.82, 2.24) is 10.3 Å². The van der Waals surface area contributed by atoms with Gasteiger partial charge in [0.2, 0.25) is 0 Å². The van der Waals surface area contributed by atoms with Crippen LogP contribution in [0.2, 0.25) is 1.41 Å². The molecule has 0 saturated carbocycles. The number of rotatable bonds is 1. The summed E-state index contributed by atoms with van der Waals surface area (Å²) in [5, 5.41) is -0.305. The second-order valence-electron chi connectivity index (χ2n) is 1.55. The topological polar surface area (TPSA) is 42.0 Å². The first-order valence-electron chi connectivity index (χ1n) is 5.98. The molecule has 0 radical (unpaired) electrons. The molecule has 1 aromatic heterocycles. The van der Waals surface area contributed by atoms with Gasteiger partial charge in [-0.1, -0.05) is 0 Å². The molecular formula is C7H7BrN2O. The normalized spacial score (nSPS) is 19.5. The van der Waals surface area contributed by atoms with Crippen molar-refractivity contribution in [2.24, 2.45) is 0 Å². The zero-order chi connectivity index (χ0) is 14.2. The second kappa shape index (κ2) is 3.48. The third-order valence-corrected chi connectivity index (χ3v) is 1.24. The molecule has 1 amide bonds. The third-order valence-electron chi connectivity index (χ3n) is 0.861. The average molecular weight is 222 g/mol. The van der Waals surface area contributed by atoms with E-state index in [2.05, 4.69) is 20.9 Å². The Morgan fingerprint density at radius 1 is 2.00 bits per heavy atom. The monoisotopic (exact) mass is 221 g/mol. The van der Waals surface area contributed by atoms with Crippen LogP contribution in [0, 0.1) is 0 Å². The van der Waals surface area contributed by atoms with E-state index in [-0.39, 0.29) is 9.78 Å². The molecule has 0 bridgehead atoms. The van der Waals surface area contributed by atoms with Crippen LogP contribution in [-0.4, -0.2) is 17.9 Å². The van der Waals surface area contributed by atoms with Crippen molar-refractivity contribution in [3.8, 4) is 0 Å². The van der Waals surface area contributed by atoms with E-state index in [4.69, 9.17) is 9.64 Å². The van der Waals surface area contributed by atoms with Gasteiger partial charge in [0.05, 0.1) is 4.11 Å². The Bertz CT molecular complexity index is 504. The fourth-order valence-electron chi connectivity index (χ4n) is 0.429. The van der Waals surface area contributed by atoms with Crippen LogP contribution in [-0.2, 0) is 0 Å². The van der Waals surface area contributed by atoms with Gasteiger partial charge >= 0.3 is 0 Å². The lowest BCUT2D eigenvalue weighted by atomic mass is 10.3. The van der Waals surface area contributed by atoms with Crippen molar-refractivity contribution < 1.29 is 14.4 Å². The van der Waals surface area contributed by atoms with Crippen LogP contribution in [0.1, 0.15) is 18.7 Å². The maximum Gasteiger partial charge on any atom is 0.269 e. The standard InChI is InChI=1S/C7H7BrN2O/c1-9-7(11)6-3-2-5(8)4-10-6/h2-4H,1H3,(H,9,11)/i1D3,2D,3D,4D/hD. The Morgan fingerprint density at radius 3 is 3.55 bits per heavy atom. The Kier molecular flexibility index (Phi) is 0.905. The molecule has 0 saturated heterocycles. The quantitative estimate of drug-likeness (QED) is 0.775. The van der Waals surface area contributed by atoms with Crippen LogP contribution < -0.4 is 5.31 Å². The molecule has 1 heterocycles. The molecule has 11 heavy (non-hydrogen) atoms. The highest BCUT2D eigenvalue weighted by Gasteiger charge is 2.01. The van der Waals surface area contributed by atoms with E-state index in [1.165, 1.54) is 0 Å². The van der Waals surface area contributed by atoms with Crippen molar-refractivity contribution >= 4 is 21.8 Å². The fourth-order valence-corrected chi connectivity index (χ4v) is 0.617. The van der Waals surface area contributed by atoms with E-state index in [1.54, 1.807) is 0 Å². The van der Waals surface area contributed by atoms with Crippen LogP contribution in [0.25, 0.3) is 0 Å². The Hall–Kier alpha value is -0.900. The van der Waals surface area contributed by atoms with Gasteiger partial charge in [0.25, 0.3) is 5.91 Å². The van der Waals surface area contributed by atoms with E-state index >= 15 is 0 Å². The lowest BCUT2D eigenvalue weighted by Gasteiger charge is -1.96. The van der Waals surface area contributed by atoms with Gasteiger partial charge in [-0.15, -0.1) is 0 Å². The van der Waals surface area contributed by atoms with E-state index in [0.717, 1.165) is 0 Å². The molecular weight excluding hydrogens is 208 g/mol. The average Bonchev–Trinajstić information content (AvgIpc) is 2.28. The molecule has 1 rings (SSSR count). The summed E-state index contributed by atoms with van der Waals surface area (Å²) in [5.41, 5.74) is -0.709. The molecule has 0 aliphatic heterocycles. The van der Waals surface area contributed by atoms with Crippen LogP contribution in [0.5, 0.6) is 0 Å².